The van der Waals surface area contributed by atoms with Crippen molar-refractivity contribution in [1.29, 1.82) is 0 Å². The van der Waals surface area contributed by atoms with Crippen LogP contribution in [0.1, 0.15) is 30.7 Å². The summed E-state index contributed by atoms with van der Waals surface area (Å²) in [6, 6.07) is 0.740. The highest BCUT2D eigenvalue weighted by atomic mass is 32.1. The van der Waals surface area contributed by atoms with E-state index in [-0.39, 0.29) is 0 Å². The minimum Gasteiger partial charge on any atom is -0.343 e. The summed E-state index contributed by atoms with van der Waals surface area (Å²) in [4.78, 5) is 2.50. The molecule has 1 atom stereocenters. The lowest BCUT2D eigenvalue weighted by molar-refractivity contribution is 0.375. The molecule has 1 unspecified atom stereocenters. The van der Waals surface area contributed by atoms with Gasteiger partial charge in [0.25, 0.3) is 0 Å². The average molecular weight is 252 g/mol. The number of anilines is 1. The molecule has 1 aliphatic carbocycles. The molecule has 17 heavy (non-hydrogen) atoms. The normalized spacial score (nSPS) is 24.9. The van der Waals surface area contributed by atoms with Crippen LogP contribution in [0.2, 0.25) is 0 Å². The molecule has 1 saturated heterocycles. The van der Waals surface area contributed by atoms with E-state index in [1.54, 1.807) is 11.3 Å². The van der Waals surface area contributed by atoms with Gasteiger partial charge in [0.05, 0.1) is 0 Å². The number of hydrogen-bond acceptors (Lipinski definition) is 5. The summed E-state index contributed by atoms with van der Waals surface area (Å²) in [6.07, 6.45) is 5.34. The summed E-state index contributed by atoms with van der Waals surface area (Å²) in [5.41, 5.74) is 0. The van der Waals surface area contributed by atoms with Crippen molar-refractivity contribution < 1.29 is 0 Å². The molecule has 0 radical (unpaired) electrons. The van der Waals surface area contributed by atoms with Crippen LogP contribution in [-0.2, 0) is 0 Å². The predicted molar refractivity (Wildman–Crippen MR) is 70.6 cm³/mol. The number of aromatic nitrogens is 2. The van der Waals surface area contributed by atoms with Crippen molar-refractivity contribution >= 4 is 16.5 Å². The minimum atomic E-state index is 0.740. The van der Waals surface area contributed by atoms with Crippen molar-refractivity contribution in [3.05, 3.63) is 5.01 Å². The zero-order valence-corrected chi connectivity index (χ0v) is 11.2. The Balaban J connectivity index is 1.67. The van der Waals surface area contributed by atoms with Crippen LogP contribution in [0.25, 0.3) is 0 Å². The summed E-state index contributed by atoms with van der Waals surface area (Å²) >= 11 is 1.74. The molecule has 1 N–H and O–H groups in total. The van der Waals surface area contributed by atoms with Crippen molar-refractivity contribution in [2.75, 3.05) is 24.5 Å². The lowest BCUT2D eigenvalue weighted by Crippen LogP contribution is -2.39. The molecule has 2 aliphatic rings. The highest BCUT2D eigenvalue weighted by Gasteiger charge is 2.32. The smallest absolute Gasteiger partial charge is 0.208 e. The van der Waals surface area contributed by atoms with E-state index >= 15 is 0 Å². The Morgan fingerprint density at radius 1 is 1.35 bits per heavy atom. The monoisotopic (exact) mass is 252 g/mol. The van der Waals surface area contributed by atoms with E-state index in [1.807, 2.05) is 6.92 Å². The molecule has 94 valence electrons. The maximum Gasteiger partial charge on any atom is 0.208 e. The molecule has 2 heterocycles. The van der Waals surface area contributed by atoms with Gasteiger partial charge in [0.2, 0.25) is 5.13 Å². The average Bonchev–Trinajstić information content (AvgIpc) is 3.10. The van der Waals surface area contributed by atoms with Crippen molar-refractivity contribution in [3.63, 3.8) is 0 Å². The number of nitrogens with zero attached hydrogens (tertiary/aromatic N) is 3. The fourth-order valence-electron chi connectivity index (χ4n) is 2.53. The van der Waals surface area contributed by atoms with E-state index in [0.29, 0.717) is 0 Å². The lowest BCUT2D eigenvalue weighted by Gasteiger charge is -2.29. The third-order valence-corrected chi connectivity index (χ3v) is 4.48. The number of nitrogens with one attached hydrogen (secondary N) is 1. The van der Waals surface area contributed by atoms with Crippen molar-refractivity contribution in [3.8, 4) is 0 Å². The Morgan fingerprint density at radius 3 is 2.82 bits per heavy atom. The van der Waals surface area contributed by atoms with Gasteiger partial charge in [-0.25, -0.2) is 0 Å². The third kappa shape index (κ3) is 2.77. The lowest BCUT2D eigenvalue weighted by atomic mass is 9.99. The van der Waals surface area contributed by atoms with Gasteiger partial charge in [0.15, 0.2) is 0 Å². The van der Waals surface area contributed by atoms with Crippen LogP contribution in [0.4, 0.5) is 5.13 Å². The zero-order valence-electron chi connectivity index (χ0n) is 10.4. The molecule has 3 rings (SSSR count). The zero-order chi connectivity index (χ0) is 11.7. The second kappa shape index (κ2) is 4.90. The molecule has 0 bridgehead atoms. The molecule has 1 saturated carbocycles. The number of rotatable bonds is 4. The van der Waals surface area contributed by atoms with Gasteiger partial charge in [-0.1, -0.05) is 11.3 Å². The highest BCUT2D eigenvalue weighted by Crippen LogP contribution is 2.34. The van der Waals surface area contributed by atoms with E-state index < -0.39 is 0 Å². The van der Waals surface area contributed by atoms with Gasteiger partial charge in [-0.05, 0) is 51.6 Å². The van der Waals surface area contributed by atoms with E-state index in [1.165, 1.54) is 38.8 Å². The maximum absolute atomic E-state index is 4.32. The molecule has 5 heteroatoms. The second-order valence-corrected chi connectivity index (χ2v) is 6.36. The first-order valence-corrected chi connectivity index (χ1v) is 7.42. The molecule has 4 nitrogen and oxygen atoms in total. The highest BCUT2D eigenvalue weighted by molar-refractivity contribution is 7.15. The fourth-order valence-corrected chi connectivity index (χ4v) is 3.30. The Hall–Kier alpha value is -0.680. The molecule has 1 aromatic rings. The molecular weight excluding hydrogens is 232 g/mol. The molecule has 1 aliphatic heterocycles. The summed E-state index contributed by atoms with van der Waals surface area (Å²) in [5.74, 6) is 0.786. The SMILES string of the molecule is Cc1nnc(N(CC2CCCNC2)C2CC2)s1. The molecule has 0 spiro atoms. The minimum absolute atomic E-state index is 0.740. The topological polar surface area (TPSA) is 41.1 Å². The molecule has 2 fully saturated rings. The predicted octanol–water partition coefficient (Wildman–Crippen LogP) is 1.81. The third-order valence-electron chi connectivity index (χ3n) is 3.60. The Kier molecular flexibility index (Phi) is 3.29. The van der Waals surface area contributed by atoms with E-state index in [0.717, 1.165) is 28.6 Å². The Labute approximate surface area is 106 Å². The first-order chi connectivity index (χ1) is 8.33. The van der Waals surface area contributed by atoms with Crippen LogP contribution in [0, 0.1) is 12.8 Å². The quantitative estimate of drug-likeness (QED) is 0.887. The van der Waals surface area contributed by atoms with E-state index in [2.05, 4.69) is 20.4 Å². The van der Waals surface area contributed by atoms with Gasteiger partial charge >= 0.3 is 0 Å². The summed E-state index contributed by atoms with van der Waals surface area (Å²) in [5, 5.41) is 14.2. The summed E-state index contributed by atoms with van der Waals surface area (Å²) < 4.78 is 0. The molecule has 0 amide bonds. The Morgan fingerprint density at radius 2 is 2.24 bits per heavy atom. The van der Waals surface area contributed by atoms with E-state index in [4.69, 9.17) is 0 Å². The second-order valence-electron chi connectivity index (χ2n) is 5.20. The molecule has 1 aromatic heterocycles. The van der Waals surface area contributed by atoms with Crippen LogP contribution >= 0.6 is 11.3 Å². The van der Waals surface area contributed by atoms with Crippen molar-refractivity contribution in [1.82, 2.24) is 15.5 Å². The molecular formula is C12H20N4S. The first-order valence-electron chi connectivity index (χ1n) is 6.60. The van der Waals surface area contributed by atoms with Crippen molar-refractivity contribution in [2.24, 2.45) is 5.92 Å². The number of hydrogen-bond donors (Lipinski definition) is 1. The summed E-state index contributed by atoms with van der Waals surface area (Å²) in [6.45, 7) is 5.56. The first kappa shape index (κ1) is 11.4. The largest absolute Gasteiger partial charge is 0.343 e. The van der Waals surface area contributed by atoms with Gasteiger partial charge < -0.3 is 10.2 Å². The van der Waals surface area contributed by atoms with Gasteiger partial charge in [-0.15, -0.1) is 10.2 Å². The van der Waals surface area contributed by atoms with Gasteiger partial charge in [-0.3, -0.25) is 0 Å². The summed E-state index contributed by atoms with van der Waals surface area (Å²) in [7, 11) is 0. The van der Waals surface area contributed by atoms with Gasteiger partial charge in [-0.2, -0.15) is 0 Å². The van der Waals surface area contributed by atoms with Crippen LogP contribution < -0.4 is 10.2 Å². The maximum atomic E-state index is 4.32. The van der Waals surface area contributed by atoms with E-state index in [9.17, 15) is 0 Å². The Bertz CT molecular complexity index is 368. The number of piperidine rings is 1. The van der Waals surface area contributed by atoms with Gasteiger partial charge in [0, 0.05) is 12.6 Å². The standard InChI is InChI=1S/C12H20N4S/c1-9-14-15-12(17-9)16(11-4-5-11)8-10-3-2-6-13-7-10/h10-11,13H,2-8H2,1H3. The van der Waals surface area contributed by atoms with Crippen LogP contribution in [0.3, 0.4) is 0 Å². The van der Waals surface area contributed by atoms with Crippen molar-refractivity contribution in [2.45, 2.75) is 38.6 Å². The van der Waals surface area contributed by atoms with Crippen LogP contribution in [0.15, 0.2) is 0 Å². The van der Waals surface area contributed by atoms with Crippen LogP contribution in [0.5, 0.6) is 0 Å². The van der Waals surface area contributed by atoms with Gasteiger partial charge in [0.1, 0.15) is 5.01 Å². The molecule has 0 aromatic carbocycles. The fraction of sp³-hybridized carbons (Fsp3) is 0.833. The van der Waals surface area contributed by atoms with Crippen LogP contribution in [-0.4, -0.2) is 35.9 Å². The number of aryl methyl sites for hydroxylation is 1.